The van der Waals surface area contributed by atoms with Gasteiger partial charge in [0.15, 0.2) is 5.82 Å². The summed E-state index contributed by atoms with van der Waals surface area (Å²) < 4.78 is 15.7. The van der Waals surface area contributed by atoms with Gasteiger partial charge in [0.05, 0.1) is 5.69 Å². The van der Waals surface area contributed by atoms with Crippen molar-refractivity contribution in [3.63, 3.8) is 0 Å². The highest BCUT2D eigenvalue weighted by molar-refractivity contribution is 5.97. The van der Waals surface area contributed by atoms with E-state index < -0.39 is 0 Å². The van der Waals surface area contributed by atoms with Gasteiger partial charge < -0.3 is 14.8 Å². The zero-order valence-corrected chi connectivity index (χ0v) is 16.8. The van der Waals surface area contributed by atoms with Crippen LogP contribution >= 0.6 is 0 Å². The number of hydrogen-bond donors (Lipinski definition) is 1. The van der Waals surface area contributed by atoms with Gasteiger partial charge in [0.2, 0.25) is 0 Å². The first-order chi connectivity index (χ1) is 14.0. The largest absolute Gasteiger partial charge is 0.345 e. The van der Waals surface area contributed by atoms with Crippen molar-refractivity contribution in [3.05, 3.63) is 52.9 Å². The van der Waals surface area contributed by atoms with E-state index in [-0.39, 0.29) is 30.0 Å². The molecule has 0 bridgehead atoms. The summed E-state index contributed by atoms with van der Waals surface area (Å²) in [6.45, 7) is 4.39. The molecule has 0 spiro atoms. The predicted molar refractivity (Wildman–Crippen MR) is 107 cm³/mol. The standard InChI is InChI=1S/C22H27FN4O2/c1-15-7-6-11-26(14-15)22(29)19-18-10-4-5-12-27(18)20(25-19)21(28)24-13-16-8-2-3-9-17(16)23/h2-3,8-9,15H,4-7,10-14H2,1H3,(H,24,28). The fourth-order valence-corrected chi connectivity index (χ4v) is 4.31. The van der Waals surface area contributed by atoms with E-state index in [1.54, 1.807) is 18.2 Å². The quantitative estimate of drug-likeness (QED) is 0.860. The second-order valence-electron chi connectivity index (χ2n) is 8.11. The normalized spacial score (nSPS) is 19.0. The van der Waals surface area contributed by atoms with E-state index in [0.29, 0.717) is 23.7 Å². The van der Waals surface area contributed by atoms with Crippen molar-refractivity contribution in [3.8, 4) is 0 Å². The van der Waals surface area contributed by atoms with Crippen LogP contribution in [0, 0.1) is 11.7 Å². The van der Waals surface area contributed by atoms with Crippen molar-refractivity contribution in [2.45, 2.75) is 52.1 Å². The molecular formula is C22H27FN4O2. The molecule has 3 heterocycles. The molecule has 1 aromatic heterocycles. The minimum atomic E-state index is -0.373. The van der Waals surface area contributed by atoms with E-state index in [0.717, 1.165) is 50.9 Å². The fourth-order valence-electron chi connectivity index (χ4n) is 4.31. The number of benzene rings is 1. The Labute approximate surface area is 170 Å². The monoisotopic (exact) mass is 398 g/mol. The van der Waals surface area contributed by atoms with Gasteiger partial charge in [-0.3, -0.25) is 9.59 Å². The molecule has 2 aromatic rings. The van der Waals surface area contributed by atoms with Crippen LogP contribution in [0.25, 0.3) is 0 Å². The summed E-state index contributed by atoms with van der Waals surface area (Å²) in [4.78, 5) is 32.3. The number of carbonyl (C=O) groups is 2. The summed E-state index contributed by atoms with van der Waals surface area (Å²) >= 11 is 0. The third-order valence-corrected chi connectivity index (χ3v) is 5.86. The Morgan fingerprint density at radius 1 is 1.21 bits per heavy atom. The zero-order valence-electron chi connectivity index (χ0n) is 16.8. The number of likely N-dealkylation sites (tertiary alicyclic amines) is 1. The molecule has 29 heavy (non-hydrogen) atoms. The lowest BCUT2D eigenvalue weighted by Crippen LogP contribution is -2.39. The highest BCUT2D eigenvalue weighted by Gasteiger charge is 2.31. The number of carbonyl (C=O) groups excluding carboxylic acids is 2. The first-order valence-electron chi connectivity index (χ1n) is 10.4. The molecular weight excluding hydrogens is 371 g/mol. The van der Waals surface area contributed by atoms with Gasteiger partial charge in [-0.2, -0.15) is 0 Å². The molecule has 1 aromatic carbocycles. The van der Waals surface area contributed by atoms with Crippen LogP contribution in [0.2, 0.25) is 0 Å². The summed E-state index contributed by atoms with van der Waals surface area (Å²) in [5, 5.41) is 2.76. The minimum Gasteiger partial charge on any atom is -0.345 e. The molecule has 0 aliphatic carbocycles. The van der Waals surface area contributed by atoms with Crippen LogP contribution in [-0.4, -0.2) is 39.4 Å². The van der Waals surface area contributed by atoms with Gasteiger partial charge >= 0.3 is 0 Å². The summed E-state index contributed by atoms with van der Waals surface area (Å²) in [7, 11) is 0. The van der Waals surface area contributed by atoms with Crippen molar-refractivity contribution >= 4 is 11.8 Å². The maximum absolute atomic E-state index is 13.8. The Morgan fingerprint density at radius 2 is 2.03 bits per heavy atom. The van der Waals surface area contributed by atoms with Gasteiger partial charge in [0.1, 0.15) is 11.5 Å². The fraction of sp³-hybridized carbons (Fsp3) is 0.500. The molecule has 1 N–H and O–H groups in total. The Balaban J connectivity index is 1.56. The Bertz CT molecular complexity index is 924. The molecule has 6 nitrogen and oxygen atoms in total. The molecule has 2 aliphatic heterocycles. The Hall–Kier alpha value is -2.70. The third-order valence-electron chi connectivity index (χ3n) is 5.86. The van der Waals surface area contributed by atoms with E-state index in [2.05, 4.69) is 17.2 Å². The maximum Gasteiger partial charge on any atom is 0.287 e. The zero-order chi connectivity index (χ0) is 20.4. The van der Waals surface area contributed by atoms with E-state index in [1.165, 1.54) is 6.07 Å². The molecule has 2 amide bonds. The molecule has 4 rings (SSSR count). The molecule has 154 valence electrons. The second kappa shape index (κ2) is 8.35. The lowest BCUT2D eigenvalue weighted by Gasteiger charge is -2.30. The molecule has 1 fully saturated rings. The molecule has 0 saturated carbocycles. The number of imidazole rings is 1. The van der Waals surface area contributed by atoms with Crippen molar-refractivity contribution in [2.24, 2.45) is 5.92 Å². The average Bonchev–Trinajstić information content (AvgIpc) is 3.12. The minimum absolute atomic E-state index is 0.0737. The van der Waals surface area contributed by atoms with Crippen LogP contribution in [0.3, 0.4) is 0 Å². The SMILES string of the molecule is CC1CCCN(C(=O)c2nc(C(=O)NCc3ccccc3F)n3c2CCCC3)C1. The van der Waals surface area contributed by atoms with E-state index >= 15 is 0 Å². The topological polar surface area (TPSA) is 67.2 Å². The molecule has 1 atom stereocenters. The smallest absolute Gasteiger partial charge is 0.287 e. The van der Waals surface area contributed by atoms with Crippen molar-refractivity contribution in [1.29, 1.82) is 0 Å². The van der Waals surface area contributed by atoms with Gasteiger partial charge in [-0.1, -0.05) is 25.1 Å². The maximum atomic E-state index is 13.8. The van der Waals surface area contributed by atoms with Crippen LogP contribution in [0.1, 0.15) is 65.0 Å². The van der Waals surface area contributed by atoms with Crippen LogP contribution in [0.4, 0.5) is 4.39 Å². The number of amides is 2. The Morgan fingerprint density at radius 3 is 2.83 bits per heavy atom. The number of nitrogens with zero attached hydrogens (tertiary/aromatic N) is 3. The summed E-state index contributed by atoms with van der Waals surface area (Å²) in [6.07, 6.45) is 4.82. The lowest BCUT2D eigenvalue weighted by atomic mass is 9.99. The first-order valence-corrected chi connectivity index (χ1v) is 10.4. The first kappa shape index (κ1) is 19.6. The molecule has 1 saturated heterocycles. The predicted octanol–water partition coefficient (Wildman–Crippen LogP) is 3.16. The van der Waals surface area contributed by atoms with Crippen molar-refractivity contribution < 1.29 is 14.0 Å². The lowest BCUT2D eigenvalue weighted by molar-refractivity contribution is 0.0676. The van der Waals surface area contributed by atoms with Crippen molar-refractivity contribution in [1.82, 2.24) is 19.8 Å². The van der Waals surface area contributed by atoms with E-state index in [1.807, 2.05) is 9.47 Å². The number of rotatable bonds is 4. The van der Waals surface area contributed by atoms with Crippen LogP contribution in [0.5, 0.6) is 0 Å². The Kier molecular flexibility index (Phi) is 5.65. The van der Waals surface area contributed by atoms with E-state index in [4.69, 9.17) is 0 Å². The third kappa shape index (κ3) is 4.04. The molecule has 2 aliphatic rings. The van der Waals surface area contributed by atoms with Gasteiger partial charge in [-0.05, 0) is 44.1 Å². The molecule has 7 heteroatoms. The number of halogens is 1. The average molecular weight is 398 g/mol. The van der Waals surface area contributed by atoms with Gasteiger partial charge in [0.25, 0.3) is 11.8 Å². The van der Waals surface area contributed by atoms with Crippen LogP contribution < -0.4 is 5.32 Å². The van der Waals surface area contributed by atoms with Crippen LogP contribution in [0.15, 0.2) is 24.3 Å². The number of nitrogens with one attached hydrogen (secondary N) is 1. The highest BCUT2D eigenvalue weighted by atomic mass is 19.1. The number of piperidine rings is 1. The van der Waals surface area contributed by atoms with Crippen molar-refractivity contribution in [2.75, 3.05) is 13.1 Å². The van der Waals surface area contributed by atoms with Gasteiger partial charge in [-0.15, -0.1) is 0 Å². The number of aromatic nitrogens is 2. The molecule has 0 radical (unpaired) electrons. The second-order valence-corrected chi connectivity index (χ2v) is 8.11. The van der Waals surface area contributed by atoms with E-state index in [9.17, 15) is 14.0 Å². The summed E-state index contributed by atoms with van der Waals surface area (Å²) in [5.41, 5.74) is 1.69. The summed E-state index contributed by atoms with van der Waals surface area (Å²) in [5.74, 6) is -0.0648. The van der Waals surface area contributed by atoms with Gasteiger partial charge in [-0.25, -0.2) is 9.37 Å². The van der Waals surface area contributed by atoms with Crippen LogP contribution in [-0.2, 0) is 19.5 Å². The number of hydrogen-bond acceptors (Lipinski definition) is 3. The highest BCUT2D eigenvalue weighted by Crippen LogP contribution is 2.24. The number of fused-ring (bicyclic) bond motifs is 1. The van der Waals surface area contributed by atoms with Gasteiger partial charge in [0, 0.05) is 31.7 Å². The molecule has 1 unspecified atom stereocenters. The summed E-state index contributed by atoms with van der Waals surface area (Å²) in [6, 6.07) is 6.36.